The van der Waals surface area contributed by atoms with Crippen LogP contribution in [0, 0.1) is 0 Å². The van der Waals surface area contributed by atoms with E-state index in [1.165, 1.54) is 0 Å². The summed E-state index contributed by atoms with van der Waals surface area (Å²) in [5.74, 6) is 0. The van der Waals surface area contributed by atoms with Crippen LogP contribution < -0.4 is 0 Å². The third-order valence-electron chi connectivity index (χ3n) is 0. The van der Waals surface area contributed by atoms with Crippen LogP contribution in [0.15, 0.2) is 0 Å². The fourth-order valence-corrected chi connectivity index (χ4v) is 0. The SMILES string of the molecule is [Cr].[Fe].[H-].[H-].[Sr+2].[Y]. The van der Waals surface area contributed by atoms with Crippen molar-refractivity contribution in [2.75, 3.05) is 0 Å². The topological polar surface area (TPSA) is 0 Å². The van der Waals surface area contributed by atoms with Gasteiger partial charge in [0.1, 0.15) is 0 Å². The summed E-state index contributed by atoms with van der Waals surface area (Å²) in [6.45, 7) is 0. The van der Waals surface area contributed by atoms with E-state index in [1.54, 1.807) is 0 Å². The molecule has 0 saturated heterocycles. The van der Waals surface area contributed by atoms with Gasteiger partial charge >= 0.3 is 45.5 Å². The molecule has 0 rings (SSSR count). The van der Waals surface area contributed by atoms with Gasteiger partial charge in [-0.3, -0.25) is 0 Å². The minimum Gasteiger partial charge on any atom is -1.00 e. The van der Waals surface area contributed by atoms with Gasteiger partial charge in [0.25, 0.3) is 0 Å². The Morgan fingerprint density at radius 1 is 1.25 bits per heavy atom. The molecule has 0 N–H and O–H groups in total. The van der Waals surface area contributed by atoms with Crippen molar-refractivity contribution in [2.45, 2.75) is 0 Å². The van der Waals surface area contributed by atoms with Gasteiger partial charge in [0.05, 0.1) is 0 Å². The summed E-state index contributed by atoms with van der Waals surface area (Å²) in [5.41, 5.74) is 0. The van der Waals surface area contributed by atoms with Crippen LogP contribution in [0.5, 0.6) is 0 Å². The molecule has 0 bridgehead atoms. The van der Waals surface area contributed by atoms with Crippen LogP contribution in [0.3, 0.4) is 0 Å². The van der Waals surface area contributed by atoms with E-state index in [1.807, 2.05) is 0 Å². The standard InChI is InChI=1S/Cr.Fe.Sr.Y.2H/q;;+2;;2*-1. The average molecular weight is 286 g/mol. The fourth-order valence-electron chi connectivity index (χ4n) is 0. The smallest absolute Gasteiger partial charge is 1.00 e. The van der Waals surface area contributed by atoms with Gasteiger partial charge in [-0.25, -0.2) is 0 Å². The van der Waals surface area contributed by atoms with Gasteiger partial charge < -0.3 is 2.85 Å². The van der Waals surface area contributed by atoms with E-state index in [9.17, 15) is 0 Å². The Balaban J connectivity index is 0. The molecular formula is H2CrFeSrY. The van der Waals surface area contributed by atoms with Gasteiger partial charge in [0.2, 0.25) is 0 Å². The molecule has 1 radical (unpaired) electrons. The zero-order valence-corrected chi connectivity index (χ0v) is 10.7. The van der Waals surface area contributed by atoms with Crippen molar-refractivity contribution in [3.05, 3.63) is 0 Å². The number of rotatable bonds is 0. The maximum atomic E-state index is 0. The van der Waals surface area contributed by atoms with E-state index < -0.39 is 0 Å². The second kappa shape index (κ2) is 15.9. The predicted molar refractivity (Wildman–Crippen MR) is 7.98 cm³/mol. The van der Waals surface area contributed by atoms with Crippen LogP contribution in [0.4, 0.5) is 0 Å². The van der Waals surface area contributed by atoms with Crippen molar-refractivity contribution in [1.29, 1.82) is 0 Å². The average Bonchev–Trinajstić information content (AvgIpc) is 0. The van der Waals surface area contributed by atoms with Crippen LogP contribution in [-0.4, -0.2) is 45.5 Å². The molecule has 0 aliphatic heterocycles. The molecule has 0 heterocycles. The summed E-state index contributed by atoms with van der Waals surface area (Å²) >= 11 is 0. The van der Waals surface area contributed by atoms with Gasteiger partial charge in [-0.15, -0.1) is 0 Å². The summed E-state index contributed by atoms with van der Waals surface area (Å²) in [6, 6.07) is 0. The Morgan fingerprint density at radius 3 is 1.25 bits per heavy atom. The Labute approximate surface area is 113 Å². The number of hydrogen-bond acceptors (Lipinski definition) is 0. The second-order valence-electron chi connectivity index (χ2n) is 0. The molecule has 0 aliphatic rings. The molecule has 0 nitrogen and oxygen atoms in total. The monoisotopic (exact) mass is 287 g/mol. The van der Waals surface area contributed by atoms with Crippen LogP contribution in [-0.2, 0) is 67.1 Å². The van der Waals surface area contributed by atoms with Gasteiger partial charge in [-0.1, -0.05) is 0 Å². The van der Waals surface area contributed by atoms with Gasteiger partial charge in [-0.2, -0.15) is 0 Å². The van der Waals surface area contributed by atoms with Crippen molar-refractivity contribution in [3.8, 4) is 0 Å². The summed E-state index contributed by atoms with van der Waals surface area (Å²) in [4.78, 5) is 0. The van der Waals surface area contributed by atoms with Crippen molar-refractivity contribution < 1.29 is 70.0 Å². The molecule has 0 spiro atoms. The van der Waals surface area contributed by atoms with Gasteiger partial charge in [0.15, 0.2) is 0 Å². The zero-order chi connectivity index (χ0) is 0. The Hall–Kier alpha value is 3.64. The molecule has 0 atom stereocenters. The predicted octanol–water partition coefficient (Wildman–Crippen LogP) is -0.163. The van der Waals surface area contributed by atoms with E-state index in [-0.39, 0.29) is 115 Å². The Morgan fingerprint density at radius 2 is 1.25 bits per heavy atom. The minimum atomic E-state index is 0. The summed E-state index contributed by atoms with van der Waals surface area (Å²) in [7, 11) is 0. The summed E-state index contributed by atoms with van der Waals surface area (Å²) in [6.07, 6.45) is 0. The molecule has 21 valence electrons. The third-order valence-corrected chi connectivity index (χ3v) is 0. The first kappa shape index (κ1) is 25.4. The molecule has 0 fully saturated rings. The zero-order valence-electron chi connectivity index (χ0n) is 4.05. The molecule has 0 aromatic heterocycles. The molecule has 0 aromatic rings. The van der Waals surface area contributed by atoms with E-state index in [0.29, 0.717) is 0 Å². The Bertz CT molecular complexity index is 13.5. The molecule has 0 aromatic carbocycles. The van der Waals surface area contributed by atoms with Crippen LogP contribution in [0.2, 0.25) is 0 Å². The quantitative estimate of drug-likeness (QED) is 0.543. The van der Waals surface area contributed by atoms with E-state index in [4.69, 9.17) is 0 Å². The van der Waals surface area contributed by atoms with Crippen molar-refractivity contribution in [1.82, 2.24) is 0 Å². The largest absolute Gasteiger partial charge is 2.00 e. The molecular weight excluding hydrogens is 284 g/mol. The van der Waals surface area contributed by atoms with E-state index >= 15 is 0 Å². The normalized spacial score (nSPS) is 0. The summed E-state index contributed by atoms with van der Waals surface area (Å²) < 4.78 is 0. The first-order valence-electron chi connectivity index (χ1n) is 0. The maximum Gasteiger partial charge on any atom is 2.00 e. The van der Waals surface area contributed by atoms with E-state index in [2.05, 4.69) is 0 Å². The van der Waals surface area contributed by atoms with Crippen molar-refractivity contribution >= 4 is 45.5 Å². The third kappa shape index (κ3) is 9.16. The van der Waals surface area contributed by atoms with Crippen molar-refractivity contribution in [3.63, 3.8) is 0 Å². The molecule has 4 heavy (non-hydrogen) atoms. The molecule has 0 amide bonds. The van der Waals surface area contributed by atoms with Crippen molar-refractivity contribution in [2.24, 2.45) is 0 Å². The summed E-state index contributed by atoms with van der Waals surface area (Å²) in [5, 5.41) is 0. The van der Waals surface area contributed by atoms with Gasteiger partial charge in [-0.05, 0) is 0 Å². The molecule has 0 saturated carbocycles. The minimum absolute atomic E-state index is 0. The first-order chi connectivity index (χ1) is 0. The number of hydrogen-bond donors (Lipinski definition) is 0. The van der Waals surface area contributed by atoms with Gasteiger partial charge in [0, 0.05) is 67.1 Å². The maximum absolute atomic E-state index is 0. The fraction of sp³-hybridized carbons (Fsp3) is 0. The Kier molecular flexibility index (Phi) is 101. The second-order valence-corrected chi connectivity index (χ2v) is 0. The molecule has 0 unspecified atom stereocenters. The molecule has 4 heteroatoms. The van der Waals surface area contributed by atoms with E-state index in [0.717, 1.165) is 0 Å². The first-order valence-corrected chi connectivity index (χ1v) is 0. The van der Waals surface area contributed by atoms with Crippen LogP contribution in [0.25, 0.3) is 0 Å². The molecule has 0 aliphatic carbocycles. The van der Waals surface area contributed by atoms with Crippen LogP contribution >= 0.6 is 0 Å². The van der Waals surface area contributed by atoms with Crippen LogP contribution in [0.1, 0.15) is 2.85 Å².